The van der Waals surface area contributed by atoms with Crippen LogP contribution in [0.15, 0.2) is 32.3 Å². The summed E-state index contributed by atoms with van der Waals surface area (Å²) in [5, 5.41) is 16.0. The standard InChI is InChI=1S/C34H7F17N4O5S2/c1-8-10(31(54-2)55-3)4-12-14(8)15(18-20(35)24(39)29(25(40)21(18)36)61(56,57)33(46,47)48)13-5-11(9(6-52)7-53)28(60-32(43,44)45)17(13)16(12)19-22(37)26(41)30(27(42)23(19)38)62(58,59)34(49,50)51/h4-5H2,1H3. The second-order valence-electron chi connectivity index (χ2n) is 12.2. The maximum Gasteiger partial charge on any atom is 0.573 e. The molecule has 0 atom stereocenters. The van der Waals surface area contributed by atoms with Crippen molar-refractivity contribution in [2.24, 2.45) is 0 Å². The highest BCUT2D eigenvalue weighted by atomic mass is 32.2. The van der Waals surface area contributed by atoms with Crippen LogP contribution in [-0.2, 0) is 37.3 Å². The Morgan fingerprint density at radius 1 is 0.581 bits per heavy atom. The molecule has 0 amide bonds. The van der Waals surface area contributed by atoms with E-state index in [4.69, 9.17) is 13.1 Å². The van der Waals surface area contributed by atoms with Crippen LogP contribution < -0.4 is 10.4 Å². The molecule has 324 valence electrons. The summed E-state index contributed by atoms with van der Waals surface area (Å²) in [5.41, 5.74) is -29.5. The summed E-state index contributed by atoms with van der Waals surface area (Å²) in [6.07, 6.45) is -9.31. The van der Waals surface area contributed by atoms with Gasteiger partial charge in [-0.05, 0) is 40.8 Å². The molecule has 0 spiro atoms. The van der Waals surface area contributed by atoms with Crippen LogP contribution in [0.25, 0.3) is 43.3 Å². The topological polar surface area (TPSA) is 134 Å². The lowest BCUT2D eigenvalue weighted by atomic mass is 9.86. The first-order valence-corrected chi connectivity index (χ1v) is 18.3. The minimum absolute atomic E-state index is 0.688. The van der Waals surface area contributed by atoms with E-state index in [1.54, 1.807) is 0 Å². The van der Waals surface area contributed by atoms with Crippen LogP contribution in [-0.4, -0.2) is 34.2 Å². The minimum atomic E-state index is -7.42. The Kier molecular flexibility index (Phi) is 11.1. The van der Waals surface area contributed by atoms with Gasteiger partial charge in [0.25, 0.3) is 19.7 Å². The molecule has 0 saturated carbocycles. The SMILES string of the molecule is [C-]#[N+]C([N+]#[C-])=C1Cc2c(-c3c(F)c(F)c(S(=O)(=O)C(F)(F)F)c(F)c3F)c3c(c(-c4c(F)c(F)c(S(=O)(=O)C(F)(F)F)c(F)c4F)c2=C1C)CC(=C(C#N)C#N)C=3OC(F)(F)F. The Hall–Kier alpha value is -6.65. The van der Waals surface area contributed by atoms with E-state index >= 15 is 35.1 Å². The molecule has 0 bridgehead atoms. The Bertz CT molecular complexity index is 3140. The third-order valence-electron chi connectivity index (χ3n) is 9.06. The zero-order valence-electron chi connectivity index (χ0n) is 29.0. The summed E-state index contributed by atoms with van der Waals surface area (Å²) in [7, 11) is -14.8. The molecule has 0 N–H and O–H groups in total. The zero-order chi connectivity index (χ0) is 47.3. The second-order valence-corrected chi connectivity index (χ2v) is 16.0. The van der Waals surface area contributed by atoms with Crippen molar-refractivity contribution in [2.45, 2.75) is 46.9 Å². The van der Waals surface area contributed by atoms with Gasteiger partial charge in [-0.15, -0.1) is 13.2 Å². The molecule has 3 aromatic rings. The van der Waals surface area contributed by atoms with E-state index in [1.807, 2.05) is 0 Å². The number of sulfone groups is 2. The van der Waals surface area contributed by atoms with Crippen molar-refractivity contribution in [1.29, 1.82) is 10.5 Å². The summed E-state index contributed by atoms with van der Waals surface area (Å²) < 4.78 is 302. The normalized spacial score (nSPS) is 14.2. The summed E-state index contributed by atoms with van der Waals surface area (Å²) in [6, 6.07) is 2.03. The number of rotatable bonds is 5. The summed E-state index contributed by atoms with van der Waals surface area (Å²) in [6.45, 7) is 15.4. The van der Waals surface area contributed by atoms with Crippen molar-refractivity contribution in [3.8, 4) is 34.4 Å². The van der Waals surface area contributed by atoms with E-state index in [9.17, 15) is 66.9 Å². The largest absolute Gasteiger partial charge is 0.573 e. The van der Waals surface area contributed by atoms with Crippen LogP contribution in [0.5, 0.6) is 0 Å². The van der Waals surface area contributed by atoms with Gasteiger partial charge >= 0.3 is 23.2 Å². The number of ether oxygens (including phenoxy) is 1. The molecule has 2 aliphatic rings. The fourth-order valence-corrected chi connectivity index (χ4v) is 8.42. The van der Waals surface area contributed by atoms with Crippen molar-refractivity contribution in [2.75, 3.05) is 0 Å². The number of halogens is 17. The Morgan fingerprint density at radius 2 is 0.919 bits per heavy atom. The molecule has 5 rings (SSSR count). The molecule has 0 aromatic heterocycles. The molecular weight excluding hydrogens is 931 g/mol. The molecular formula is C34H7F17N4O5S2. The number of nitrogens with zero attached hydrogens (tertiary/aromatic N) is 4. The molecule has 3 aromatic carbocycles. The highest BCUT2D eigenvalue weighted by Gasteiger charge is 2.54. The number of hydrogen-bond donors (Lipinski definition) is 0. The lowest BCUT2D eigenvalue weighted by Gasteiger charge is -2.20. The number of nitriles is 2. The minimum Gasteiger partial charge on any atom is -0.405 e. The van der Waals surface area contributed by atoms with Crippen LogP contribution in [0.1, 0.15) is 18.1 Å². The quantitative estimate of drug-likeness (QED) is 0.110. The van der Waals surface area contributed by atoms with E-state index < -0.39 is 184 Å². The van der Waals surface area contributed by atoms with Gasteiger partial charge in [-0.1, -0.05) is 0 Å². The molecule has 2 aliphatic carbocycles. The lowest BCUT2D eigenvalue weighted by Crippen LogP contribution is -2.30. The Balaban J connectivity index is 2.30. The predicted octanol–water partition coefficient (Wildman–Crippen LogP) is 8.04. The van der Waals surface area contributed by atoms with Gasteiger partial charge < -0.3 is 4.74 Å². The number of hydrogen-bond acceptors (Lipinski definition) is 7. The maximum atomic E-state index is 16.2. The van der Waals surface area contributed by atoms with Crippen molar-refractivity contribution < 1.29 is 96.2 Å². The summed E-state index contributed by atoms with van der Waals surface area (Å²) in [4.78, 5) is -1.14. The first-order chi connectivity index (χ1) is 28.3. The molecule has 0 saturated heterocycles. The van der Waals surface area contributed by atoms with Gasteiger partial charge in [0.05, 0.1) is 16.7 Å². The third-order valence-corrected chi connectivity index (χ3v) is 12.1. The van der Waals surface area contributed by atoms with Gasteiger partial charge in [-0.25, -0.2) is 52.0 Å². The number of allylic oxidation sites excluding steroid dienone is 2. The van der Waals surface area contributed by atoms with E-state index in [0.29, 0.717) is 6.92 Å². The zero-order valence-corrected chi connectivity index (χ0v) is 30.6. The third kappa shape index (κ3) is 6.64. The molecule has 0 unspecified atom stereocenters. The smallest absolute Gasteiger partial charge is 0.405 e. The fraction of sp³-hybridized carbons (Fsp3) is 0.176. The highest BCUT2D eigenvalue weighted by Crippen LogP contribution is 2.47. The van der Waals surface area contributed by atoms with Crippen LogP contribution in [0.2, 0.25) is 0 Å². The van der Waals surface area contributed by atoms with Crippen molar-refractivity contribution >= 4 is 31.0 Å². The average molecular weight is 939 g/mol. The number of fused-ring (bicyclic) bond motifs is 2. The van der Waals surface area contributed by atoms with Crippen molar-refractivity contribution in [3.05, 3.63) is 113 Å². The average Bonchev–Trinajstić information content (AvgIpc) is 3.67. The van der Waals surface area contributed by atoms with Crippen molar-refractivity contribution in [1.82, 2.24) is 0 Å². The molecule has 0 heterocycles. The van der Waals surface area contributed by atoms with Crippen LogP contribution in [0.3, 0.4) is 0 Å². The van der Waals surface area contributed by atoms with E-state index in [-0.39, 0.29) is 0 Å². The fourth-order valence-electron chi connectivity index (χ4n) is 6.65. The first kappa shape index (κ1) is 46.4. The van der Waals surface area contributed by atoms with Gasteiger partial charge in [-0.3, -0.25) is 0 Å². The van der Waals surface area contributed by atoms with E-state index in [0.717, 1.165) is 12.1 Å². The highest BCUT2D eigenvalue weighted by molar-refractivity contribution is 7.92. The molecule has 0 fully saturated rings. The van der Waals surface area contributed by atoms with E-state index in [2.05, 4.69) is 14.4 Å². The Labute approximate surface area is 332 Å². The molecule has 9 nitrogen and oxygen atoms in total. The van der Waals surface area contributed by atoms with Gasteiger partial charge in [0, 0.05) is 22.8 Å². The molecule has 62 heavy (non-hydrogen) atoms. The molecule has 28 heteroatoms. The predicted molar refractivity (Wildman–Crippen MR) is 168 cm³/mol. The van der Waals surface area contributed by atoms with Gasteiger partial charge in [0.2, 0.25) is 0 Å². The summed E-state index contributed by atoms with van der Waals surface area (Å²) in [5.74, 6) is -29.6. The van der Waals surface area contributed by atoms with Crippen LogP contribution in [0, 0.1) is 82.3 Å². The van der Waals surface area contributed by atoms with Crippen LogP contribution >= 0.6 is 0 Å². The van der Waals surface area contributed by atoms with Gasteiger partial charge in [0.1, 0.15) is 36.6 Å². The monoisotopic (exact) mass is 938 g/mol. The summed E-state index contributed by atoms with van der Waals surface area (Å²) >= 11 is 0. The van der Waals surface area contributed by atoms with Crippen molar-refractivity contribution in [3.63, 3.8) is 0 Å². The van der Waals surface area contributed by atoms with E-state index in [1.165, 1.54) is 0 Å². The van der Waals surface area contributed by atoms with Crippen LogP contribution in [0.4, 0.5) is 74.6 Å². The number of alkyl halides is 9. The van der Waals surface area contributed by atoms with Gasteiger partial charge in [-0.2, -0.15) is 46.6 Å². The lowest BCUT2D eigenvalue weighted by molar-refractivity contribution is -0.290. The molecule has 0 radical (unpaired) electrons. The Morgan fingerprint density at radius 3 is 1.24 bits per heavy atom. The number of benzene rings is 3. The molecule has 0 aliphatic heterocycles. The van der Waals surface area contributed by atoms with Gasteiger partial charge in [0.15, 0.2) is 56.3 Å². The first-order valence-electron chi connectivity index (χ1n) is 15.4. The maximum absolute atomic E-state index is 16.2. The second kappa shape index (κ2) is 14.8.